The zero-order valence-electron chi connectivity index (χ0n) is 16.3. The molecule has 2 aromatic carbocycles. The van der Waals surface area contributed by atoms with Crippen LogP contribution in [0, 0.1) is 0 Å². The van der Waals surface area contributed by atoms with Gasteiger partial charge in [0.25, 0.3) is 0 Å². The topological polar surface area (TPSA) is 91.4 Å². The van der Waals surface area contributed by atoms with Gasteiger partial charge in [0.1, 0.15) is 11.5 Å². The summed E-state index contributed by atoms with van der Waals surface area (Å²) in [5.41, 5.74) is 1.49. The molecular weight excluding hydrogens is 390 g/mol. The molecule has 8 nitrogen and oxygen atoms in total. The number of esters is 1. The minimum atomic E-state index is -0.468. The monoisotopic (exact) mass is 409 g/mol. The number of carbonyl (C=O) groups excluding carboxylic acids is 3. The van der Waals surface area contributed by atoms with Gasteiger partial charge in [0.15, 0.2) is 5.76 Å². The van der Waals surface area contributed by atoms with Gasteiger partial charge in [-0.15, -0.1) is 0 Å². The van der Waals surface area contributed by atoms with E-state index in [1.807, 2.05) is 0 Å². The van der Waals surface area contributed by atoms with Crippen LogP contribution in [0.1, 0.15) is 26.3 Å². The first kappa shape index (κ1) is 19.7. The maximum atomic E-state index is 12.6. The molecule has 2 aromatic rings. The van der Waals surface area contributed by atoms with Crippen LogP contribution >= 0.6 is 0 Å². The normalized spacial score (nSPS) is 16.8. The first-order valence-corrected chi connectivity index (χ1v) is 9.36. The Morgan fingerprint density at radius 2 is 1.80 bits per heavy atom. The molecule has 0 spiro atoms. The molecule has 2 aliphatic rings. The SMILES string of the molecule is COC(=O)c1ccc(/C=C2\Oc3cc(OC(=O)N4CCOCC4)ccc3C2=O)cc1. The highest BCUT2D eigenvalue weighted by atomic mass is 16.6. The average Bonchev–Trinajstić information content (AvgIpc) is 3.08. The van der Waals surface area contributed by atoms with Crippen molar-refractivity contribution < 1.29 is 33.3 Å². The van der Waals surface area contributed by atoms with Gasteiger partial charge in [-0.25, -0.2) is 9.59 Å². The summed E-state index contributed by atoms with van der Waals surface area (Å²) in [4.78, 5) is 37.9. The minimum Gasteiger partial charge on any atom is -0.465 e. The number of morpholine rings is 1. The van der Waals surface area contributed by atoms with Crippen LogP contribution in [0.5, 0.6) is 11.5 Å². The molecule has 0 unspecified atom stereocenters. The van der Waals surface area contributed by atoms with Gasteiger partial charge in [0.05, 0.1) is 31.5 Å². The molecule has 0 atom stereocenters. The van der Waals surface area contributed by atoms with E-state index >= 15 is 0 Å². The second-order valence-corrected chi connectivity index (χ2v) is 6.68. The number of amides is 1. The molecule has 1 amide bonds. The summed E-state index contributed by atoms with van der Waals surface area (Å²) < 4.78 is 21.0. The number of nitrogens with zero attached hydrogens (tertiary/aromatic N) is 1. The van der Waals surface area contributed by atoms with Gasteiger partial charge in [-0.1, -0.05) is 12.1 Å². The Kier molecular flexibility index (Phi) is 5.49. The third kappa shape index (κ3) is 4.04. The number of hydrogen-bond acceptors (Lipinski definition) is 7. The van der Waals surface area contributed by atoms with E-state index in [4.69, 9.17) is 14.2 Å². The number of benzene rings is 2. The standard InChI is InChI=1S/C22H19NO7/c1-27-21(25)15-4-2-14(3-5-15)12-19-20(24)17-7-6-16(13-18(17)30-19)29-22(26)23-8-10-28-11-9-23/h2-7,12-13H,8-11H2,1H3/b19-12-. The Labute approximate surface area is 172 Å². The quantitative estimate of drug-likeness (QED) is 0.569. The van der Waals surface area contributed by atoms with Crippen LogP contribution in [0.3, 0.4) is 0 Å². The van der Waals surface area contributed by atoms with Crippen molar-refractivity contribution in [1.29, 1.82) is 0 Å². The number of ketones is 1. The van der Waals surface area contributed by atoms with Gasteiger partial charge < -0.3 is 23.8 Å². The van der Waals surface area contributed by atoms with Gasteiger partial charge in [-0.3, -0.25) is 4.79 Å². The fourth-order valence-corrected chi connectivity index (χ4v) is 3.13. The average molecular weight is 409 g/mol. The summed E-state index contributed by atoms with van der Waals surface area (Å²) in [5.74, 6) is 0.0564. The lowest BCUT2D eigenvalue weighted by Gasteiger charge is -2.25. The summed E-state index contributed by atoms with van der Waals surface area (Å²) in [6.45, 7) is 1.90. The Morgan fingerprint density at radius 1 is 1.07 bits per heavy atom. The first-order valence-electron chi connectivity index (χ1n) is 9.36. The maximum Gasteiger partial charge on any atom is 0.415 e. The van der Waals surface area contributed by atoms with Crippen molar-refractivity contribution >= 4 is 23.9 Å². The van der Waals surface area contributed by atoms with Crippen LogP contribution in [0.4, 0.5) is 4.79 Å². The van der Waals surface area contributed by atoms with E-state index in [2.05, 4.69) is 4.74 Å². The van der Waals surface area contributed by atoms with Crippen LogP contribution in [0.15, 0.2) is 48.2 Å². The number of hydrogen-bond donors (Lipinski definition) is 0. The first-order chi connectivity index (χ1) is 14.5. The molecule has 0 radical (unpaired) electrons. The molecule has 154 valence electrons. The van der Waals surface area contributed by atoms with E-state index in [0.717, 1.165) is 0 Å². The Balaban J connectivity index is 1.48. The highest BCUT2D eigenvalue weighted by Gasteiger charge is 2.28. The Bertz CT molecular complexity index is 1020. The van der Waals surface area contributed by atoms with E-state index in [1.165, 1.54) is 13.2 Å². The highest BCUT2D eigenvalue weighted by Crippen LogP contribution is 2.35. The number of carbonyl (C=O) groups is 3. The molecule has 4 rings (SSSR count). The van der Waals surface area contributed by atoms with E-state index in [9.17, 15) is 14.4 Å². The van der Waals surface area contributed by atoms with Crippen LogP contribution < -0.4 is 9.47 Å². The number of ether oxygens (including phenoxy) is 4. The van der Waals surface area contributed by atoms with Crippen LogP contribution in [0.25, 0.3) is 6.08 Å². The summed E-state index contributed by atoms with van der Waals surface area (Å²) >= 11 is 0. The smallest absolute Gasteiger partial charge is 0.415 e. The van der Waals surface area contributed by atoms with Crippen LogP contribution in [0.2, 0.25) is 0 Å². The van der Waals surface area contributed by atoms with Gasteiger partial charge in [0.2, 0.25) is 5.78 Å². The van der Waals surface area contributed by atoms with Gasteiger partial charge in [0, 0.05) is 19.2 Å². The molecule has 0 aromatic heterocycles. The van der Waals surface area contributed by atoms with E-state index in [-0.39, 0.29) is 11.5 Å². The zero-order valence-corrected chi connectivity index (χ0v) is 16.3. The predicted octanol–water partition coefficient (Wildman–Crippen LogP) is 2.92. The molecule has 0 bridgehead atoms. The van der Waals surface area contributed by atoms with Crippen molar-refractivity contribution in [2.75, 3.05) is 33.4 Å². The second kappa shape index (κ2) is 8.38. The predicted molar refractivity (Wildman–Crippen MR) is 106 cm³/mol. The number of allylic oxidation sites excluding steroid dienone is 1. The number of rotatable bonds is 3. The molecule has 2 heterocycles. The summed E-state index contributed by atoms with van der Waals surface area (Å²) in [5, 5.41) is 0. The molecular formula is C22H19NO7. The molecule has 2 aliphatic heterocycles. The van der Waals surface area contributed by atoms with Crippen molar-refractivity contribution in [3.63, 3.8) is 0 Å². The Morgan fingerprint density at radius 3 is 2.50 bits per heavy atom. The van der Waals surface area contributed by atoms with Crippen LogP contribution in [-0.2, 0) is 9.47 Å². The molecule has 1 saturated heterocycles. The third-order valence-electron chi connectivity index (χ3n) is 4.75. The summed E-state index contributed by atoms with van der Waals surface area (Å²) in [6, 6.07) is 11.2. The van der Waals surface area contributed by atoms with Crippen molar-refractivity contribution in [3.8, 4) is 11.5 Å². The molecule has 1 fully saturated rings. The van der Waals surface area contributed by atoms with Crippen molar-refractivity contribution in [2.24, 2.45) is 0 Å². The molecule has 0 N–H and O–H groups in total. The Hall–Kier alpha value is -3.65. The van der Waals surface area contributed by atoms with Crippen LogP contribution in [-0.4, -0.2) is 56.2 Å². The number of fused-ring (bicyclic) bond motifs is 1. The summed E-state index contributed by atoms with van der Waals surface area (Å²) in [7, 11) is 1.31. The van der Waals surface area contributed by atoms with Gasteiger partial charge in [-0.05, 0) is 35.9 Å². The minimum absolute atomic E-state index is 0.146. The highest BCUT2D eigenvalue weighted by molar-refractivity contribution is 6.14. The number of Topliss-reactive ketones (excluding diaryl/α,β-unsaturated/α-hetero) is 1. The summed E-state index contributed by atoms with van der Waals surface area (Å²) in [6.07, 6.45) is 1.12. The molecule has 0 aliphatic carbocycles. The largest absolute Gasteiger partial charge is 0.465 e. The fraction of sp³-hybridized carbons (Fsp3) is 0.227. The van der Waals surface area contributed by atoms with Gasteiger partial charge in [-0.2, -0.15) is 0 Å². The second-order valence-electron chi connectivity index (χ2n) is 6.68. The van der Waals surface area contributed by atoms with E-state index in [0.29, 0.717) is 54.5 Å². The lowest BCUT2D eigenvalue weighted by molar-refractivity contribution is 0.0416. The lowest BCUT2D eigenvalue weighted by Crippen LogP contribution is -2.42. The molecule has 8 heteroatoms. The van der Waals surface area contributed by atoms with Crippen molar-refractivity contribution in [3.05, 3.63) is 64.9 Å². The lowest BCUT2D eigenvalue weighted by atomic mass is 10.1. The molecule has 0 saturated carbocycles. The maximum absolute atomic E-state index is 12.6. The number of methoxy groups -OCH3 is 1. The van der Waals surface area contributed by atoms with Gasteiger partial charge >= 0.3 is 12.1 Å². The van der Waals surface area contributed by atoms with Crippen molar-refractivity contribution in [1.82, 2.24) is 4.90 Å². The third-order valence-corrected chi connectivity index (χ3v) is 4.75. The van der Waals surface area contributed by atoms with E-state index < -0.39 is 12.1 Å². The zero-order chi connectivity index (χ0) is 21.1. The van der Waals surface area contributed by atoms with Crippen molar-refractivity contribution in [2.45, 2.75) is 0 Å². The van der Waals surface area contributed by atoms with E-state index in [1.54, 1.807) is 47.4 Å². The fourth-order valence-electron chi connectivity index (χ4n) is 3.13. The molecule has 30 heavy (non-hydrogen) atoms.